The van der Waals surface area contributed by atoms with Crippen LogP contribution in [0.5, 0.6) is 11.5 Å². The molecule has 214 valence electrons. The van der Waals surface area contributed by atoms with Gasteiger partial charge in [-0.2, -0.15) is 13.2 Å². The molecular weight excluding hydrogens is 605 g/mol. The van der Waals surface area contributed by atoms with Gasteiger partial charge in [-0.05, 0) is 24.6 Å². The van der Waals surface area contributed by atoms with Crippen molar-refractivity contribution in [3.8, 4) is 11.5 Å². The molecule has 10 nitrogen and oxygen atoms in total. The van der Waals surface area contributed by atoms with Gasteiger partial charge in [0.2, 0.25) is 0 Å². The largest absolute Gasteiger partial charge is 0.489 e. The van der Waals surface area contributed by atoms with Crippen molar-refractivity contribution in [3.63, 3.8) is 0 Å². The maximum atomic E-state index is 14.0. The van der Waals surface area contributed by atoms with Gasteiger partial charge in [-0.1, -0.05) is 40.2 Å². The van der Waals surface area contributed by atoms with E-state index in [9.17, 15) is 32.9 Å². The molecule has 1 aliphatic rings. The lowest BCUT2D eigenvalue weighted by atomic mass is 9.80. The number of allylic oxidation sites excluding steroid dienone is 2. The van der Waals surface area contributed by atoms with E-state index in [0.29, 0.717) is 23.4 Å². The van der Waals surface area contributed by atoms with Gasteiger partial charge < -0.3 is 24.3 Å². The fraction of sp³-hybridized carbons (Fsp3) is 0.308. The highest BCUT2D eigenvalue weighted by Gasteiger charge is 2.47. The van der Waals surface area contributed by atoms with Crippen LogP contribution in [-0.4, -0.2) is 55.3 Å². The summed E-state index contributed by atoms with van der Waals surface area (Å²) >= 11 is 3.26. The lowest BCUT2D eigenvalue weighted by Gasteiger charge is -2.31. The molecule has 2 aromatic rings. The van der Waals surface area contributed by atoms with E-state index in [1.165, 1.54) is 19.1 Å². The Balaban J connectivity index is 1.93. The number of hydrogen-bond acceptors (Lipinski definition) is 9. The van der Waals surface area contributed by atoms with Crippen molar-refractivity contribution in [2.24, 2.45) is 0 Å². The molecule has 0 spiro atoms. The molecule has 40 heavy (non-hydrogen) atoms. The number of halogens is 4. The van der Waals surface area contributed by atoms with Gasteiger partial charge in [0, 0.05) is 23.2 Å². The third-order valence-corrected chi connectivity index (χ3v) is 5.97. The summed E-state index contributed by atoms with van der Waals surface area (Å²) in [4.78, 5) is 36.5. The predicted octanol–water partition coefficient (Wildman–Crippen LogP) is 4.94. The zero-order valence-electron chi connectivity index (χ0n) is 21.2. The summed E-state index contributed by atoms with van der Waals surface area (Å²) in [6.07, 6.45) is -5.04. The van der Waals surface area contributed by atoms with Gasteiger partial charge >= 0.3 is 18.1 Å². The first-order valence-corrected chi connectivity index (χ1v) is 12.8. The number of esters is 2. The number of nitrogens with zero attached hydrogens (tertiary/aromatic N) is 1. The number of alkyl halides is 4. The second-order valence-corrected chi connectivity index (χ2v) is 8.99. The van der Waals surface area contributed by atoms with Crippen molar-refractivity contribution in [1.82, 2.24) is 5.32 Å². The van der Waals surface area contributed by atoms with Crippen LogP contribution in [0, 0.1) is 10.1 Å². The third kappa shape index (κ3) is 7.11. The summed E-state index contributed by atoms with van der Waals surface area (Å²) in [5.74, 6) is -3.28. The molecule has 14 heteroatoms. The first-order chi connectivity index (χ1) is 19.0. The maximum absolute atomic E-state index is 14.0. The van der Waals surface area contributed by atoms with Crippen LogP contribution in [0.15, 0.2) is 71.1 Å². The van der Waals surface area contributed by atoms with Gasteiger partial charge in [0.05, 0.1) is 35.7 Å². The molecule has 2 aromatic carbocycles. The van der Waals surface area contributed by atoms with Gasteiger partial charge in [-0.25, -0.2) is 9.59 Å². The summed E-state index contributed by atoms with van der Waals surface area (Å²) in [5, 5.41) is 14.0. The minimum atomic E-state index is -5.04. The van der Waals surface area contributed by atoms with Gasteiger partial charge in [0.1, 0.15) is 18.9 Å². The van der Waals surface area contributed by atoms with Gasteiger partial charge in [-0.3, -0.25) is 10.1 Å². The molecule has 0 aliphatic carbocycles. The molecule has 0 aromatic heterocycles. The second-order valence-electron chi connectivity index (χ2n) is 8.20. The van der Waals surface area contributed by atoms with Crippen LogP contribution in [-0.2, 0) is 19.1 Å². The summed E-state index contributed by atoms with van der Waals surface area (Å²) in [7, 11) is 0.883. The summed E-state index contributed by atoms with van der Waals surface area (Å²) < 4.78 is 63.1. The number of nitro benzene ring substituents is 1. The topological polar surface area (TPSA) is 126 Å². The molecule has 1 N–H and O–H groups in total. The molecule has 1 heterocycles. The van der Waals surface area contributed by atoms with Crippen LogP contribution in [0.4, 0.5) is 18.9 Å². The zero-order valence-corrected chi connectivity index (χ0v) is 22.8. The molecule has 0 fully saturated rings. The molecule has 1 aliphatic heterocycles. The van der Waals surface area contributed by atoms with Crippen LogP contribution >= 0.6 is 15.9 Å². The molecule has 0 saturated carbocycles. The number of para-hydroxylation sites is 2. The number of non-ortho nitro benzene ring substituents is 1. The number of hydrogen-bond donors (Lipinski definition) is 1. The average Bonchev–Trinajstić information content (AvgIpc) is 2.93. The number of benzene rings is 2. The molecule has 3 rings (SSSR count). The predicted molar refractivity (Wildman–Crippen MR) is 139 cm³/mol. The Kier molecular flexibility index (Phi) is 10.2. The van der Waals surface area contributed by atoms with Crippen molar-refractivity contribution in [3.05, 3.63) is 86.7 Å². The van der Waals surface area contributed by atoms with E-state index >= 15 is 0 Å². The highest BCUT2D eigenvalue weighted by molar-refractivity contribution is 9.09. The number of rotatable bonds is 11. The van der Waals surface area contributed by atoms with E-state index in [4.69, 9.17) is 14.2 Å². The lowest BCUT2D eigenvalue weighted by Crippen LogP contribution is -2.38. The minimum Gasteiger partial charge on any atom is -0.489 e. The van der Waals surface area contributed by atoms with Crippen molar-refractivity contribution in [1.29, 1.82) is 0 Å². The van der Waals surface area contributed by atoms with Crippen LogP contribution in [0.1, 0.15) is 18.4 Å². The number of nitro groups is 1. The van der Waals surface area contributed by atoms with E-state index in [-0.39, 0.29) is 30.0 Å². The fourth-order valence-electron chi connectivity index (χ4n) is 4.00. The quantitative estimate of drug-likeness (QED) is 0.121. The second kappa shape index (κ2) is 13.3. The molecule has 0 bridgehead atoms. The van der Waals surface area contributed by atoms with E-state index in [0.717, 1.165) is 19.2 Å². The summed E-state index contributed by atoms with van der Waals surface area (Å²) in [6, 6.07) is 11.4. The number of nitrogens with one attached hydrogen (secondary N) is 1. The van der Waals surface area contributed by atoms with Crippen molar-refractivity contribution < 1.29 is 46.6 Å². The number of carbonyl (C=O) groups is 2. The Morgan fingerprint density at radius 2 is 1.65 bits per heavy atom. The van der Waals surface area contributed by atoms with E-state index < -0.39 is 45.9 Å². The molecule has 0 radical (unpaired) electrons. The van der Waals surface area contributed by atoms with E-state index in [1.54, 1.807) is 24.3 Å². The highest BCUT2D eigenvalue weighted by Crippen LogP contribution is 2.44. The van der Waals surface area contributed by atoms with Crippen molar-refractivity contribution >= 4 is 33.6 Å². The fourth-order valence-corrected chi connectivity index (χ4v) is 4.17. The third-order valence-electron chi connectivity index (χ3n) is 5.64. The zero-order chi connectivity index (χ0) is 29.4. The van der Waals surface area contributed by atoms with E-state index in [2.05, 4.69) is 26.0 Å². The van der Waals surface area contributed by atoms with Crippen molar-refractivity contribution in [2.45, 2.75) is 19.0 Å². The number of ether oxygens (including phenoxy) is 4. The van der Waals surface area contributed by atoms with E-state index in [1.807, 2.05) is 0 Å². The molecular formula is C26H24BrF3N2O8. The Labute approximate surface area is 235 Å². The Hall–Kier alpha value is -4.07. The van der Waals surface area contributed by atoms with Crippen LogP contribution in [0.2, 0.25) is 0 Å². The Morgan fingerprint density at radius 3 is 2.23 bits per heavy atom. The Bertz CT molecular complexity index is 1340. The Morgan fingerprint density at radius 1 is 1.00 bits per heavy atom. The normalized spacial score (nSPS) is 15.3. The minimum absolute atomic E-state index is 0.113. The molecule has 1 unspecified atom stereocenters. The summed E-state index contributed by atoms with van der Waals surface area (Å²) in [6.45, 7) is 1.14. The molecule has 0 saturated heterocycles. The maximum Gasteiger partial charge on any atom is 0.431 e. The van der Waals surface area contributed by atoms with Crippen molar-refractivity contribution in [2.75, 3.05) is 32.3 Å². The number of carbonyl (C=O) groups excluding carboxylic acids is 2. The lowest BCUT2D eigenvalue weighted by molar-refractivity contribution is -0.384. The SMILES string of the molecule is COC(=O)C1=C(C(F)(F)F)NC(C)=C(C(=O)OCCOc2ccccc2OCCBr)C1c1cccc([N+](=O)[O-])c1. The average molecular weight is 629 g/mol. The van der Waals surface area contributed by atoms with Crippen LogP contribution in [0.25, 0.3) is 0 Å². The first kappa shape index (κ1) is 30.5. The number of methoxy groups -OCH3 is 1. The van der Waals surface area contributed by atoms with Gasteiger partial charge in [0.15, 0.2) is 11.5 Å². The van der Waals surface area contributed by atoms with Gasteiger partial charge in [-0.15, -0.1) is 0 Å². The highest BCUT2D eigenvalue weighted by atomic mass is 79.9. The molecule has 1 atom stereocenters. The first-order valence-electron chi connectivity index (χ1n) is 11.7. The number of dihydropyridines is 1. The van der Waals surface area contributed by atoms with Crippen LogP contribution < -0.4 is 14.8 Å². The van der Waals surface area contributed by atoms with Crippen LogP contribution in [0.3, 0.4) is 0 Å². The summed E-state index contributed by atoms with van der Waals surface area (Å²) in [5.41, 5.74) is -3.56. The smallest absolute Gasteiger partial charge is 0.431 e. The monoisotopic (exact) mass is 628 g/mol. The van der Waals surface area contributed by atoms with Gasteiger partial charge in [0.25, 0.3) is 5.69 Å². The standard InChI is InChI=1S/C26H24BrF3N2O8/c1-15-20(25(34)40-13-12-39-19-9-4-3-8-18(19)38-11-10-27)21(16-6-5-7-17(14-16)32(35)36)22(24(33)37-2)23(31-15)26(28,29)30/h3-9,14,21,31H,10-13H2,1-2H3. The molecule has 0 amide bonds.